The van der Waals surface area contributed by atoms with Crippen molar-refractivity contribution in [2.45, 2.75) is 26.7 Å². The van der Waals surface area contributed by atoms with Gasteiger partial charge in [-0.1, -0.05) is 6.08 Å². The number of carbonyl (C=O) groups excluding carboxylic acids is 1. The largest absolute Gasteiger partial charge is 0.396 e. The topological polar surface area (TPSA) is 73.7 Å². The number of hydroxylamine groups is 2. The van der Waals surface area contributed by atoms with E-state index in [-0.39, 0.29) is 13.2 Å². The number of hydrogen-bond acceptors (Lipinski definition) is 4. The van der Waals surface area contributed by atoms with Gasteiger partial charge in [-0.25, -0.2) is 5.06 Å². The smallest absolute Gasteiger partial charge is 0.296 e. The lowest BCUT2D eigenvalue weighted by Crippen LogP contribution is -2.36. The average Bonchev–Trinajstić information content (AvgIpc) is 2.41. The highest BCUT2D eigenvalue weighted by Crippen LogP contribution is 2.30. The number of rotatable bonds is 3. The van der Waals surface area contributed by atoms with Crippen LogP contribution in [0.3, 0.4) is 0 Å². The molecule has 102 valence electrons. The zero-order valence-corrected chi connectivity index (χ0v) is 11.2. The highest BCUT2D eigenvalue weighted by Gasteiger charge is 2.28. The number of allylic oxidation sites excluding steroid dienone is 1. The van der Waals surface area contributed by atoms with Crippen molar-refractivity contribution in [2.24, 2.45) is 0 Å². The lowest BCUT2D eigenvalue weighted by molar-refractivity contribution is -0.0607. The standard InChI is InChI=1S/C14H18N2O3/c1-3-10(5-7-17)12-9(2)8-15-13-11(12)4-6-16(19)14(13)18/h3,8,17,19H,4-7H2,1-2H3/b10-3-. The Kier molecular flexibility index (Phi) is 3.97. The Bertz CT molecular complexity index is 538. The van der Waals surface area contributed by atoms with Crippen molar-refractivity contribution in [2.75, 3.05) is 13.2 Å². The number of pyridine rings is 1. The second kappa shape index (κ2) is 5.50. The van der Waals surface area contributed by atoms with Crippen LogP contribution in [0.1, 0.15) is 40.5 Å². The molecule has 0 fully saturated rings. The van der Waals surface area contributed by atoms with Gasteiger partial charge in [0.05, 0.1) is 6.54 Å². The van der Waals surface area contributed by atoms with Crippen LogP contribution in [0.2, 0.25) is 0 Å². The summed E-state index contributed by atoms with van der Waals surface area (Å²) in [5.74, 6) is -0.457. The van der Waals surface area contributed by atoms with Gasteiger partial charge in [0.1, 0.15) is 5.69 Å². The molecule has 5 heteroatoms. The van der Waals surface area contributed by atoms with Crippen molar-refractivity contribution in [1.29, 1.82) is 0 Å². The van der Waals surface area contributed by atoms with Gasteiger partial charge in [-0.3, -0.25) is 15.0 Å². The Hall–Kier alpha value is -1.72. The summed E-state index contributed by atoms with van der Waals surface area (Å²) >= 11 is 0. The molecule has 0 saturated heterocycles. The van der Waals surface area contributed by atoms with Crippen molar-refractivity contribution >= 4 is 11.5 Å². The maximum Gasteiger partial charge on any atom is 0.296 e. The van der Waals surface area contributed by atoms with Crippen LogP contribution in [0, 0.1) is 6.92 Å². The number of aryl methyl sites for hydroxylation is 1. The highest BCUT2D eigenvalue weighted by atomic mass is 16.5. The molecule has 2 rings (SSSR count). The SMILES string of the molecule is C/C=C(/CCO)c1c(C)cnc2c1CCN(O)C2=O. The Balaban J connectivity index is 2.59. The van der Waals surface area contributed by atoms with Crippen LogP contribution in [-0.2, 0) is 6.42 Å². The number of hydrogen-bond donors (Lipinski definition) is 2. The monoisotopic (exact) mass is 262 g/mol. The lowest BCUT2D eigenvalue weighted by Gasteiger charge is -2.25. The van der Waals surface area contributed by atoms with Gasteiger partial charge in [-0.2, -0.15) is 0 Å². The van der Waals surface area contributed by atoms with Crippen LogP contribution < -0.4 is 0 Å². The van der Waals surface area contributed by atoms with E-state index >= 15 is 0 Å². The molecule has 0 aliphatic carbocycles. The average molecular weight is 262 g/mol. The molecule has 1 aliphatic rings. The summed E-state index contributed by atoms with van der Waals surface area (Å²) in [6.45, 7) is 4.20. The molecule has 2 heterocycles. The Morgan fingerprint density at radius 3 is 2.95 bits per heavy atom. The third kappa shape index (κ3) is 2.39. The zero-order valence-electron chi connectivity index (χ0n) is 11.2. The van der Waals surface area contributed by atoms with Gasteiger partial charge in [0.25, 0.3) is 5.91 Å². The number of fused-ring (bicyclic) bond motifs is 1. The molecule has 0 radical (unpaired) electrons. The molecule has 0 spiro atoms. The van der Waals surface area contributed by atoms with E-state index in [0.717, 1.165) is 22.3 Å². The minimum absolute atomic E-state index is 0.0658. The Labute approximate surface area is 112 Å². The summed E-state index contributed by atoms with van der Waals surface area (Å²) in [5.41, 5.74) is 4.17. The van der Waals surface area contributed by atoms with Gasteiger partial charge >= 0.3 is 0 Å². The lowest BCUT2D eigenvalue weighted by atomic mass is 9.90. The van der Waals surface area contributed by atoms with E-state index in [9.17, 15) is 10.0 Å². The molecule has 2 N–H and O–H groups in total. The number of aliphatic hydroxyl groups is 1. The number of amides is 1. The normalized spacial score (nSPS) is 15.7. The summed E-state index contributed by atoms with van der Waals surface area (Å²) in [6.07, 6.45) is 4.72. The van der Waals surface area contributed by atoms with Crippen molar-refractivity contribution in [3.05, 3.63) is 34.7 Å². The molecule has 0 atom stereocenters. The fourth-order valence-electron chi connectivity index (χ4n) is 2.51. The van der Waals surface area contributed by atoms with Crippen LogP contribution in [0.15, 0.2) is 12.3 Å². The first kappa shape index (κ1) is 13.7. The van der Waals surface area contributed by atoms with E-state index < -0.39 is 5.91 Å². The number of nitrogens with zero attached hydrogens (tertiary/aromatic N) is 2. The predicted molar refractivity (Wildman–Crippen MR) is 70.9 cm³/mol. The van der Waals surface area contributed by atoms with Gasteiger partial charge in [-0.05, 0) is 49.0 Å². The van der Waals surface area contributed by atoms with Crippen LogP contribution >= 0.6 is 0 Å². The van der Waals surface area contributed by atoms with Gasteiger partial charge < -0.3 is 5.11 Å². The molecule has 5 nitrogen and oxygen atoms in total. The fraction of sp³-hybridized carbons (Fsp3) is 0.429. The first-order valence-electron chi connectivity index (χ1n) is 6.35. The summed E-state index contributed by atoms with van der Waals surface area (Å²) in [7, 11) is 0. The third-order valence-electron chi connectivity index (χ3n) is 3.43. The van der Waals surface area contributed by atoms with E-state index in [1.165, 1.54) is 0 Å². The van der Waals surface area contributed by atoms with E-state index in [4.69, 9.17) is 5.11 Å². The molecule has 0 aromatic carbocycles. The first-order valence-corrected chi connectivity index (χ1v) is 6.35. The van der Waals surface area contributed by atoms with Crippen molar-refractivity contribution in [3.8, 4) is 0 Å². The van der Waals surface area contributed by atoms with Crippen LogP contribution in [0.4, 0.5) is 0 Å². The summed E-state index contributed by atoms with van der Waals surface area (Å²) in [5, 5.41) is 19.3. The molecule has 0 bridgehead atoms. The minimum atomic E-state index is -0.457. The van der Waals surface area contributed by atoms with Crippen molar-refractivity contribution in [1.82, 2.24) is 10.0 Å². The Morgan fingerprint density at radius 1 is 1.58 bits per heavy atom. The Morgan fingerprint density at radius 2 is 2.32 bits per heavy atom. The molecule has 1 aromatic heterocycles. The van der Waals surface area contributed by atoms with E-state index in [0.29, 0.717) is 23.6 Å². The highest BCUT2D eigenvalue weighted by molar-refractivity contribution is 5.95. The molecule has 1 aliphatic heterocycles. The molecule has 1 aromatic rings. The van der Waals surface area contributed by atoms with Gasteiger partial charge in [0.2, 0.25) is 0 Å². The molecular formula is C14H18N2O3. The third-order valence-corrected chi connectivity index (χ3v) is 3.43. The summed E-state index contributed by atoms with van der Waals surface area (Å²) < 4.78 is 0. The van der Waals surface area contributed by atoms with E-state index in [2.05, 4.69) is 4.98 Å². The second-order valence-corrected chi connectivity index (χ2v) is 4.61. The molecule has 19 heavy (non-hydrogen) atoms. The van der Waals surface area contributed by atoms with Gasteiger partial charge in [0, 0.05) is 12.8 Å². The molecular weight excluding hydrogens is 244 g/mol. The minimum Gasteiger partial charge on any atom is -0.396 e. The van der Waals surface area contributed by atoms with E-state index in [1.807, 2.05) is 19.9 Å². The number of carbonyl (C=O) groups is 1. The summed E-state index contributed by atoms with van der Waals surface area (Å²) in [4.78, 5) is 16.0. The maximum absolute atomic E-state index is 11.9. The van der Waals surface area contributed by atoms with Crippen molar-refractivity contribution in [3.63, 3.8) is 0 Å². The van der Waals surface area contributed by atoms with Gasteiger partial charge in [0.15, 0.2) is 0 Å². The molecule has 0 saturated carbocycles. The quantitative estimate of drug-likeness (QED) is 0.811. The number of aromatic nitrogens is 1. The first-order chi connectivity index (χ1) is 9.10. The van der Waals surface area contributed by atoms with Crippen LogP contribution in [-0.4, -0.2) is 39.4 Å². The van der Waals surface area contributed by atoms with Gasteiger partial charge in [-0.15, -0.1) is 0 Å². The van der Waals surface area contributed by atoms with Crippen LogP contribution in [0.5, 0.6) is 0 Å². The number of aliphatic hydroxyl groups excluding tert-OH is 1. The maximum atomic E-state index is 11.9. The zero-order chi connectivity index (χ0) is 14.0. The van der Waals surface area contributed by atoms with E-state index in [1.54, 1.807) is 6.20 Å². The predicted octanol–water partition coefficient (Wildman–Crippen LogP) is 1.56. The fourth-order valence-corrected chi connectivity index (χ4v) is 2.51. The van der Waals surface area contributed by atoms with Crippen molar-refractivity contribution < 1.29 is 15.1 Å². The summed E-state index contributed by atoms with van der Waals surface area (Å²) in [6, 6.07) is 0. The van der Waals surface area contributed by atoms with Crippen LogP contribution in [0.25, 0.3) is 5.57 Å². The second-order valence-electron chi connectivity index (χ2n) is 4.61. The molecule has 0 unspecified atom stereocenters. The molecule has 1 amide bonds.